The van der Waals surface area contributed by atoms with Crippen molar-refractivity contribution in [2.45, 2.75) is 0 Å². The van der Waals surface area contributed by atoms with E-state index in [1.165, 1.54) is 0 Å². The summed E-state index contributed by atoms with van der Waals surface area (Å²) >= 11 is 0. The quantitative estimate of drug-likeness (QED) is 0.270. The Kier molecular flexibility index (Phi) is 3.06. The van der Waals surface area contributed by atoms with Crippen molar-refractivity contribution in [3.8, 4) is 0 Å². The van der Waals surface area contributed by atoms with E-state index in [0.717, 1.165) is 6.08 Å². The van der Waals surface area contributed by atoms with Gasteiger partial charge in [-0.3, -0.25) is 5.73 Å². The number of hydrogen-bond acceptors (Lipinski definition) is 5. The van der Waals surface area contributed by atoms with Gasteiger partial charge in [-0.2, -0.15) is 0 Å². The summed E-state index contributed by atoms with van der Waals surface area (Å²) in [6.45, 7) is -0.547. The molecule has 0 heterocycles. The van der Waals surface area contributed by atoms with E-state index in [1.54, 1.807) is 0 Å². The lowest BCUT2D eigenvalue weighted by atomic mass is 10.4. The second-order valence-corrected chi connectivity index (χ2v) is 1.51. The highest BCUT2D eigenvalue weighted by Crippen LogP contribution is 1.84. The summed E-state index contributed by atoms with van der Waals surface area (Å²) in [5, 5.41) is 24.8. The van der Waals surface area contributed by atoms with Gasteiger partial charge >= 0.3 is 5.82 Å². The molecule has 0 aliphatic rings. The fourth-order valence-electron chi connectivity index (χ4n) is 0.277. The Hall–Kier alpha value is -1.43. The summed E-state index contributed by atoms with van der Waals surface area (Å²) in [7, 11) is 0. The van der Waals surface area contributed by atoms with Crippen LogP contribution in [-0.4, -0.2) is 22.3 Å². The molecule has 0 saturated heterocycles. The summed E-state index contributed by atoms with van der Waals surface area (Å²) in [4.78, 5) is 8.96. The highest BCUT2D eigenvalue weighted by Gasteiger charge is 2.00. The smallest absolute Gasteiger partial charge is 0.315 e. The summed E-state index contributed by atoms with van der Waals surface area (Å²) in [6.07, 6.45) is 0.792. The molecule has 0 aromatic carbocycles. The lowest BCUT2D eigenvalue weighted by Gasteiger charge is -1.92. The number of nitrogens with two attached hydrogens (primary N) is 1. The first-order valence-electron chi connectivity index (χ1n) is 2.37. The van der Waals surface area contributed by atoms with Crippen LogP contribution in [0.3, 0.4) is 0 Å². The van der Waals surface area contributed by atoms with Crippen molar-refractivity contribution in [3.05, 3.63) is 22.0 Å². The molecule has 0 aromatic heterocycles. The van der Waals surface area contributed by atoms with Gasteiger partial charge in [0.25, 0.3) is 0 Å². The van der Waals surface area contributed by atoms with E-state index < -0.39 is 17.4 Å². The Morgan fingerprint density at radius 3 is 2.70 bits per heavy atom. The molecule has 0 aliphatic heterocycles. The van der Waals surface area contributed by atoms with Crippen molar-refractivity contribution >= 4 is 5.71 Å². The highest BCUT2D eigenvalue weighted by atomic mass is 16.6. The van der Waals surface area contributed by atoms with E-state index in [-0.39, 0.29) is 5.71 Å². The zero-order valence-electron chi connectivity index (χ0n) is 5.07. The molecule has 4 N–H and O–H groups in total. The van der Waals surface area contributed by atoms with Gasteiger partial charge < -0.3 is 20.6 Å². The van der Waals surface area contributed by atoms with Crippen LogP contribution in [0.15, 0.2) is 11.9 Å². The van der Waals surface area contributed by atoms with Crippen molar-refractivity contribution in [1.82, 2.24) is 0 Å². The third kappa shape index (κ3) is 2.78. The van der Waals surface area contributed by atoms with Gasteiger partial charge in [-0.25, -0.2) is 0 Å². The summed E-state index contributed by atoms with van der Waals surface area (Å²) < 4.78 is 0. The largest absolute Gasteiger partial charge is 0.390 e. The van der Waals surface area contributed by atoms with Gasteiger partial charge in [0.15, 0.2) is 0 Å². The van der Waals surface area contributed by atoms with Crippen LogP contribution in [-0.2, 0) is 0 Å². The van der Waals surface area contributed by atoms with Crippen molar-refractivity contribution < 1.29 is 10.0 Å². The maximum absolute atomic E-state index is 9.78. The minimum atomic E-state index is -0.829. The molecule has 6 nitrogen and oxygen atoms in total. The molecular formula is C4H7N3O3. The predicted octanol–water partition coefficient (Wildman–Crippen LogP) is -0.925. The summed E-state index contributed by atoms with van der Waals surface area (Å²) in [6, 6.07) is 0. The normalized spacial score (nSPS) is 11.1. The Bertz CT molecular complexity index is 186. The average molecular weight is 145 g/mol. The SMILES string of the molecule is N=C(/C=C(\N)[N+](=O)[O-])CO. The molecule has 0 aliphatic carbocycles. The maximum atomic E-state index is 9.78. The van der Waals surface area contributed by atoms with E-state index in [4.69, 9.17) is 16.2 Å². The number of hydrogen-bond donors (Lipinski definition) is 3. The number of rotatable bonds is 3. The van der Waals surface area contributed by atoms with Gasteiger partial charge in [-0.15, -0.1) is 0 Å². The van der Waals surface area contributed by atoms with Crippen molar-refractivity contribution in [1.29, 1.82) is 5.41 Å². The predicted molar refractivity (Wildman–Crippen MR) is 34.1 cm³/mol. The van der Waals surface area contributed by atoms with Gasteiger partial charge in [-0.05, 0) is 4.92 Å². The van der Waals surface area contributed by atoms with Crippen molar-refractivity contribution in [2.75, 3.05) is 6.61 Å². The Balaban J connectivity index is 4.16. The number of nitrogens with one attached hydrogen (secondary N) is 1. The highest BCUT2D eigenvalue weighted by molar-refractivity contribution is 5.93. The average Bonchev–Trinajstić information content (AvgIpc) is 1.87. The summed E-state index contributed by atoms with van der Waals surface area (Å²) in [5.41, 5.74) is 4.52. The monoisotopic (exact) mass is 145 g/mol. The van der Waals surface area contributed by atoms with Crippen LogP contribution >= 0.6 is 0 Å². The Morgan fingerprint density at radius 2 is 2.40 bits per heavy atom. The van der Waals surface area contributed by atoms with Crippen molar-refractivity contribution in [2.24, 2.45) is 5.73 Å². The van der Waals surface area contributed by atoms with E-state index in [1.807, 2.05) is 0 Å². The first-order valence-corrected chi connectivity index (χ1v) is 2.37. The molecule has 0 spiro atoms. The number of nitrogens with zero attached hydrogens (tertiary/aromatic N) is 1. The molecule has 0 rings (SSSR count). The Morgan fingerprint density at radius 1 is 1.90 bits per heavy atom. The molecule has 0 unspecified atom stereocenters. The topological polar surface area (TPSA) is 113 Å². The van der Waals surface area contributed by atoms with Gasteiger partial charge in [0.2, 0.25) is 0 Å². The Labute approximate surface area is 56.6 Å². The maximum Gasteiger partial charge on any atom is 0.315 e. The second kappa shape index (κ2) is 3.57. The van der Waals surface area contributed by atoms with Gasteiger partial charge in [-0.1, -0.05) is 0 Å². The van der Waals surface area contributed by atoms with Crippen molar-refractivity contribution in [3.63, 3.8) is 0 Å². The third-order valence-corrected chi connectivity index (χ3v) is 0.703. The van der Waals surface area contributed by atoms with Gasteiger partial charge in [0.1, 0.15) is 0 Å². The van der Waals surface area contributed by atoms with Crippen LogP contribution in [0, 0.1) is 15.5 Å². The number of aliphatic hydroxyl groups excluding tert-OH is 1. The lowest BCUT2D eigenvalue weighted by molar-refractivity contribution is -0.426. The van der Waals surface area contributed by atoms with Crippen LogP contribution in [0.2, 0.25) is 0 Å². The first kappa shape index (κ1) is 8.57. The fourth-order valence-corrected chi connectivity index (χ4v) is 0.277. The zero-order valence-corrected chi connectivity index (χ0v) is 5.07. The van der Waals surface area contributed by atoms with Crippen LogP contribution in [0.25, 0.3) is 0 Å². The van der Waals surface area contributed by atoms with E-state index in [9.17, 15) is 10.1 Å². The molecule has 0 aromatic rings. The molecule has 0 atom stereocenters. The molecule has 0 fully saturated rings. The molecule has 0 amide bonds. The minimum Gasteiger partial charge on any atom is -0.390 e. The standard InChI is InChI=1S/C4H7N3O3/c5-3(2-8)1-4(6)7(9)10/h1,5,8H,2,6H2/b4-1+,5-3?. The number of aliphatic hydroxyl groups is 1. The summed E-state index contributed by atoms with van der Waals surface area (Å²) in [5.74, 6) is -0.640. The molecule has 56 valence electrons. The molecule has 10 heavy (non-hydrogen) atoms. The fraction of sp³-hybridized carbons (Fsp3) is 0.250. The minimum absolute atomic E-state index is 0.283. The van der Waals surface area contributed by atoms with Crippen LogP contribution in [0.5, 0.6) is 0 Å². The first-order chi connectivity index (χ1) is 4.57. The molecule has 0 radical (unpaired) electrons. The number of nitro groups is 1. The zero-order chi connectivity index (χ0) is 8.15. The molecule has 0 bridgehead atoms. The van der Waals surface area contributed by atoms with Crippen LogP contribution < -0.4 is 5.73 Å². The van der Waals surface area contributed by atoms with Gasteiger partial charge in [0.05, 0.1) is 18.4 Å². The van der Waals surface area contributed by atoms with E-state index in [2.05, 4.69) is 0 Å². The van der Waals surface area contributed by atoms with E-state index in [0.29, 0.717) is 0 Å². The van der Waals surface area contributed by atoms with E-state index >= 15 is 0 Å². The lowest BCUT2D eigenvalue weighted by Crippen LogP contribution is -2.12. The van der Waals surface area contributed by atoms with Crippen LogP contribution in [0.4, 0.5) is 0 Å². The van der Waals surface area contributed by atoms with Crippen LogP contribution in [0.1, 0.15) is 0 Å². The molecule has 0 saturated carbocycles. The third-order valence-electron chi connectivity index (χ3n) is 0.703. The molecule has 6 heteroatoms. The second-order valence-electron chi connectivity index (χ2n) is 1.51. The molecular weight excluding hydrogens is 138 g/mol. The van der Waals surface area contributed by atoms with Gasteiger partial charge in [0, 0.05) is 0 Å².